The lowest BCUT2D eigenvalue weighted by Crippen LogP contribution is -2.44. The van der Waals surface area contributed by atoms with Gasteiger partial charge in [-0.2, -0.15) is 0 Å². The summed E-state index contributed by atoms with van der Waals surface area (Å²) in [6.45, 7) is 4.21. The van der Waals surface area contributed by atoms with Crippen molar-refractivity contribution in [1.29, 1.82) is 0 Å². The molecule has 0 aromatic carbocycles. The summed E-state index contributed by atoms with van der Waals surface area (Å²) >= 11 is 1.59. The topological polar surface area (TPSA) is 63.5 Å². The van der Waals surface area contributed by atoms with Gasteiger partial charge in [0.05, 0.1) is 11.3 Å². The molecule has 2 aromatic heterocycles. The monoisotopic (exact) mass is 239 g/mol. The Morgan fingerprint density at radius 3 is 2.94 bits per heavy atom. The fourth-order valence-electron chi connectivity index (χ4n) is 1.69. The zero-order chi connectivity index (χ0) is 11.8. The van der Waals surface area contributed by atoms with Gasteiger partial charge in [-0.05, 0) is 5.92 Å². The summed E-state index contributed by atoms with van der Waals surface area (Å²) in [5.74, 6) is 0.122. The summed E-state index contributed by atoms with van der Waals surface area (Å²) in [6.07, 6.45) is 4.43. The fourth-order valence-corrected chi connectivity index (χ4v) is 2.41. The van der Waals surface area contributed by atoms with Crippen molar-refractivity contribution >= 4 is 16.3 Å². The third-order valence-electron chi connectivity index (χ3n) is 3.06. The van der Waals surface area contributed by atoms with Crippen molar-refractivity contribution in [2.45, 2.75) is 25.9 Å². The highest BCUT2D eigenvalue weighted by molar-refractivity contribution is 7.15. The van der Waals surface area contributed by atoms with Crippen LogP contribution in [0.25, 0.3) is 4.96 Å². The SMILES string of the molecule is CC(C)C(O)(CN)Cc1cn2ccsc2n1. The van der Waals surface area contributed by atoms with Crippen LogP contribution in [-0.4, -0.2) is 26.6 Å². The van der Waals surface area contributed by atoms with Gasteiger partial charge in [0.25, 0.3) is 0 Å². The maximum Gasteiger partial charge on any atom is 0.193 e. The summed E-state index contributed by atoms with van der Waals surface area (Å²) in [5.41, 5.74) is 5.68. The van der Waals surface area contributed by atoms with E-state index >= 15 is 0 Å². The van der Waals surface area contributed by atoms with E-state index in [0.717, 1.165) is 10.7 Å². The van der Waals surface area contributed by atoms with Crippen LogP contribution >= 0.6 is 11.3 Å². The van der Waals surface area contributed by atoms with Crippen molar-refractivity contribution in [3.63, 3.8) is 0 Å². The highest BCUT2D eigenvalue weighted by Gasteiger charge is 2.30. The molecule has 0 radical (unpaired) electrons. The number of fused-ring (bicyclic) bond motifs is 1. The molecule has 88 valence electrons. The van der Waals surface area contributed by atoms with E-state index in [1.807, 2.05) is 36.0 Å². The Labute approximate surface area is 98.7 Å². The zero-order valence-corrected chi connectivity index (χ0v) is 10.4. The van der Waals surface area contributed by atoms with E-state index in [4.69, 9.17) is 5.73 Å². The third kappa shape index (κ3) is 1.98. The van der Waals surface area contributed by atoms with Crippen molar-refractivity contribution in [1.82, 2.24) is 9.38 Å². The largest absolute Gasteiger partial charge is 0.388 e. The number of nitrogens with zero attached hydrogens (tertiary/aromatic N) is 2. The quantitative estimate of drug-likeness (QED) is 0.845. The van der Waals surface area contributed by atoms with Crippen LogP contribution in [0.1, 0.15) is 19.5 Å². The van der Waals surface area contributed by atoms with Crippen LogP contribution in [0.4, 0.5) is 0 Å². The molecule has 16 heavy (non-hydrogen) atoms. The second kappa shape index (κ2) is 4.16. The third-order valence-corrected chi connectivity index (χ3v) is 3.83. The highest BCUT2D eigenvalue weighted by Crippen LogP contribution is 2.22. The van der Waals surface area contributed by atoms with Gasteiger partial charge in [-0.1, -0.05) is 13.8 Å². The van der Waals surface area contributed by atoms with Gasteiger partial charge < -0.3 is 10.8 Å². The van der Waals surface area contributed by atoms with Gasteiger partial charge in [0.1, 0.15) is 0 Å². The molecule has 2 heterocycles. The van der Waals surface area contributed by atoms with E-state index < -0.39 is 5.60 Å². The Kier molecular flexibility index (Phi) is 3.01. The summed E-state index contributed by atoms with van der Waals surface area (Å²) < 4.78 is 1.97. The van der Waals surface area contributed by atoms with Gasteiger partial charge in [-0.25, -0.2) is 4.98 Å². The molecule has 2 rings (SSSR count). The minimum absolute atomic E-state index is 0.122. The summed E-state index contributed by atoms with van der Waals surface area (Å²) in [4.78, 5) is 5.41. The summed E-state index contributed by atoms with van der Waals surface area (Å²) in [6, 6.07) is 0. The number of nitrogens with two attached hydrogens (primary N) is 1. The molecule has 0 aliphatic heterocycles. The van der Waals surface area contributed by atoms with E-state index in [-0.39, 0.29) is 12.5 Å². The van der Waals surface area contributed by atoms with Crippen LogP contribution in [0.5, 0.6) is 0 Å². The number of hydrogen-bond acceptors (Lipinski definition) is 4. The van der Waals surface area contributed by atoms with Gasteiger partial charge in [-0.3, -0.25) is 4.40 Å². The summed E-state index contributed by atoms with van der Waals surface area (Å²) in [7, 11) is 0. The van der Waals surface area contributed by atoms with Gasteiger partial charge in [0, 0.05) is 30.7 Å². The number of imidazole rings is 1. The van der Waals surface area contributed by atoms with Crippen LogP contribution in [0, 0.1) is 5.92 Å². The second-order valence-electron chi connectivity index (χ2n) is 4.46. The van der Waals surface area contributed by atoms with Crippen LogP contribution in [0.15, 0.2) is 17.8 Å². The number of hydrogen-bond donors (Lipinski definition) is 2. The highest BCUT2D eigenvalue weighted by atomic mass is 32.1. The Morgan fingerprint density at radius 2 is 2.38 bits per heavy atom. The molecule has 0 bridgehead atoms. The summed E-state index contributed by atoms with van der Waals surface area (Å²) in [5, 5.41) is 12.3. The van der Waals surface area contributed by atoms with Crippen molar-refractivity contribution in [2.75, 3.05) is 6.54 Å². The van der Waals surface area contributed by atoms with Crippen LogP contribution in [0.3, 0.4) is 0 Å². The Morgan fingerprint density at radius 1 is 1.62 bits per heavy atom. The van der Waals surface area contributed by atoms with Gasteiger partial charge >= 0.3 is 0 Å². The lowest BCUT2D eigenvalue weighted by molar-refractivity contribution is 0.00334. The first-order valence-electron chi connectivity index (χ1n) is 5.38. The predicted octanol–water partition coefficient (Wildman–Crippen LogP) is 1.28. The minimum atomic E-state index is -0.857. The van der Waals surface area contributed by atoms with Gasteiger partial charge in [0.15, 0.2) is 4.96 Å². The van der Waals surface area contributed by atoms with Crippen LogP contribution in [-0.2, 0) is 6.42 Å². The van der Waals surface area contributed by atoms with Gasteiger partial charge in [0.2, 0.25) is 0 Å². The van der Waals surface area contributed by atoms with Crippen molar-refractivity contribution in [2.24, 2.45) is 11.7 Å². The number of aliphatic hydroxyl groups is 1. The molecule has 1 atom stereocenters. The second-order valence-corrected chi connectivity index (χ2v) is 5.34. The minimum Gasteiger partial charge on any atom is -0.388 e. The van der Waals surface area contributed by atoms with Crippen molar-refractivity contribution in [3.8, 4) is 0 Å². The normalized spacial score (nSPS) is 15.8. The molecule has 0 fully saturated rings. The molecule has 3 N–H and O–H groups in total. The van der Waals surface area contributed by atoms with E-state index in [0.29, 0.717) is 6.42 Å². The Hall–Kier alpha value is -0.910. The number of thiazole rings is 1. The lowest BCUT2D eigenvalue weighted by atomic mass is 9.86. The maximum absolute atomic E-state index is 10.3. The predicted molar refractivity (Wildman–Crippen MR) is 65.6 cm³/mol. The van der Waals surface area contributed by atoms with Crippen LogP contribution in [0.2, 0.25) is 0 Å². The molecule has 0 amide bonds. The van der Waals surface area contributed by atoms with Gasteiger partial charge in [-0.15, -0.1) is 11.3 Å². The van der Waals surface area contributed by atoms with E-state index in [9.17, 15) is 5.11 Å². The zero-order valence-electron chi connectivity index (χ0n) is 9.55. The standard InChI is InChI=1S/C11H17N3OS/c1-8(2)11(15,7-12)5-9-6-14-3-4-16-10(14)13-9/h3-4,6,8,15H,5,7,12H2,1-2H3. The van der Waals surface area contributed by atoms with Crippen LogP contribution < -0.4 is 5.73 Å². The molecule has 0 saturated heterocycles. The molecule has 0 spiro atoms. The molecule has 0 saturated carbocycles. The first kappa shape index (κ1) is 11.6. The van der Waals surface area contributed by atoms with E-state index in [2.05, 4.69) is 4.98 Å². The average molecular weight is 239 g/mol. The lowest BCUT2D eigenvalue weighted by Gasteiger charge is -2.29. The Balaban J connectivity index is 2.23. The molecular formula is C11H17N3OS. The maximum atomic E-state index is 10.3. The smallest absolute Gasteiger partial charge is 0.193 e. The molecular weight excluding hydrogens is 222 g/mol. The fraction of sp³-hybridized carbons (Fsp3) is 0.545. The number of rotatable bonds is 4. The molecule has 0 aliphatic carbocycles. The van der Waals surface area contributed by atoms with E-state index in [1.165, 1.54) is 0 Å². The van der Waals surface area contributed by atoms with Crippen molar-refractivity contribution in [3.05, 3.63) is 23.5 Å². The number of aromatic nitrogens is 2. The molecule has 0 aliphatic rings. The Bertz CT molecular complexity index is 448. The molecule has 5 heteroatoms. The molecule has 1 unspecified atom stereocenters. The van der Waals surface area contributed by atoms with E-state index in [1.54, 1.807) is 11.3 Å². The first-order chi connectivity index (χ1) is 7.55. The first-order valence-corrected chi connectivity index (χ1v) is 6.26. The average Bonchev–Trinajstić information content (AvgIpc) is 2.77. The molecule has 4 nitrogen and oxygen atoms in total. The molecule has 2 aromatic rings. The van der Waals surface area contributed by atoms with Crippen molar-refractivity contribution < 1.29 is 5.11 Å².